The number of fused-ring (bicyclic) bond motifs is 1. The number of hydrogen-bond acceptors (Lipinski definition) is 11. The number of carbonyl (C=O) groups is 3. The van der Waals surface area contributed by atoms with Gasteiger partial charge >= 0.3 is 5.97 Å². The van der Waals surface area contributed by atoms with Crippen LogP contribution in [0.4, 0.5) is 28.8 Å². The molecule has 2 fully saturated rings. The highest BCUT2D eigenvalue weighted by Gasteiger charge is 2.41. The highest BCUT2D eigenvalue weighted by Crippen LogP contribution is 2.40. The summed E-state index contributed by atoms with van der Waals surface area (Å²) in [6.07, 6.45) is 10.1. The van der Waals surface area contributed by atoms with E-state index in [0.717, 1.165) is 62.7 Å². The Hall–Kier alpha value is -4.75. The predicted molar refractivity (Wildman–Crippen MR) is 196 cm³/mol. The van der Waals surface area contributed by atoms with E-state index in [1.807, 2.05) is 19.1 Å². The van der Waals surface area contributed by atoms with Crippen molar-refractivity contribution >= 4 is 46.6 Å². The molecule has 1 aromatic heterocycles. The molecule has 0 radical (unpaired) electrons. The zero-order valence-corrected chi connectivity index (χ0v) is 29.6. The summed E-state index contributed by atoms with van der Waals surface area (Å²) in [4.78, 5) is 52.0. The minimum Gasteiger partial charge on any atom is -0.495 e. The maximum atomic E-state index is 13.2. The van der Waals surface area contributed by atoms with Crippen LogP contribution < -0.4 is 30.9 Å². The van der Waals surface area contributed by atoms with Crippen LogP contribution in [0.2, 0.25) is 0 Å². The van der Waals surface area contributed by atoms with E-state index in [1.54, 1.807) is 48.5 Å². The van der Waals surface area contributed by atoms with Crippen LogP contribution in [0.25, 0.3) is 0 Å². The van der Waals surface area contributed by atoms with Crippen LogP contribution in [0.1, 0.15) is 87.1 Å². The lowest BCUT2D eigenvalue weighted by Crippen LogP contribution is -2.55. The third kappa shape index (κ3) is 8.26. The Labute approximate surface area is 298 Å². The SMILES string of the molecule is CC[C@@H]1C(=O)N(C)c2cnc(Nc3ccc(C(=O)Nc4ccc(CC(O)C[C@H](N)C(=O)OC5CCCC5)cc4)cc3OC)nc2N1C1CCCC1. The molecule has 6 rings (SSSR count). The first-order valence-corrected chi connectivity index (χ1v) is 18.1. The van der Waals surface area contributed by atoms with Gasteiger partial charge in [-0.1, -0.05) is 31.9 Å². The number of methoxy groups -OCH3 is 1. The second kappa shape index (κ2) is 16.1. The number of aliphatic hydroxyl groups is 1. The molecular formula is C38H49N7O6. The summed E-state index contributed by atoms with van der Waals surface area (Å²) in [6.45, 7) is 2.03. The second-order valence-electron chi connectivity index (χ2n) is 13.8. The molecule has 2 heterocycles. The average Bonchev–Trinajstić information content (AvgIpc) is 3.86. The summed E-state index contributed by atoms with van der Waals surface area (Å²) in [7, 11) is 3.30. The minimum atomic E-state index is -0.877. The zero-order chi connectivity index (χ0) is 36.1. The number of aliphatic hydroxyl groups excluding tert-OH is 1. The summed E-state index contributed by atoms with van der Waals surface area (Å²) >= 11 is 0. The third-order valence-electron chi connectivity index (χ3n) is 10.2. The molecule has 1 aliphatic heterocycles. The lowest BCUT2D eigenvalue weighted by molar-refractivity contribution is -0.151. The molecule has 0 bridgehead atoms. The van der Waals surface area contributed by atoms with Crippen LogP contribution >= 0.6 is 0 Å². The predicted octanol–water partition coefficient (Wildman–Crippen LogP) is 5.09. The summed E-state index contributed by atoms with van der Waals surface area (Å²) in [5.41, 5.74) is 9.09. The highest BCUT2D eigenvalue weighted by molar-refractivity contribution is 6.05. The van der Waals surface area contributed by atoms with Crippen molar-refractivity contribution in [3.05, 3.63) is 59.8 Å². The van der Waals surface area contributed by atoms with Crippen LogP contribution in [0.5, 0.6) is 5.75 Å². The van der Waals surface area contributed by atoms with Gasteiger partial charge in [0.2, 0.25) is 11.9 Å². The number of amides is 2. The topological polar surface area (TPSA) is 172 Å². The summed E-state index contributed by atoms with van der Waals surface area (Å²) in [5, 5.41) is 16.7. The normalized spacial score (nSPS) is 19.1. The Morgan fingerprint density at radius 2 is 1.76 bits per heavy atom. The van der Waals surface area contributed by atoms with E-state index in [4.69, 9.17) is 20.2 Å². The fourth-order valence-electron chi connectivity index (χ4n) is 7.43. The molecule has 0 saturated heterocycles. The smallest absolute Gasteiger partial charge is 0.323 e. The number of nitrogens with one attached hydrogen (secondary N) is 2. The number of nitrogens with two attached hydrogens (primary N) is 1. The van der Waals surface area contributed by atoms with E-state index in [2.05, 4.69) is 20.5 Å². The molecular weight excluding hydrogens is 650 g/mol. The molecule has 2 aromatic carbocycles. The van der Waals surface area contributed by atoms with Crippen molar-refractivity contribution in [3.8, 4) is 5.75 Å². The quantitative estimate of drug-likeness (QED) is 0.175. The molecule has 13 nitrogen and oxygen atoms in total. The van der Waals surface area contributed by atoms with Gasteiger partial charge in [-0.25, -0.2) is 4.98 Å². The third-order valence-corrected chi connectivity index (χ3v) is 10.2. The molecule has 2 saturated carbocycles. The maximum Gasteiger partial charge on any atom is 0.323 e. The molecule has 3 aromatic rings. The van der Waals surface area contributed by atoms with Crippen LogP contribution in [-0.2, 0) is 20.7 Å². The van der Waals surface area contributed by atoms with E-state index in [0.29, 0.717) is 47.2 Å². The minimum absolute atomic E-state index is 0.0570. The number of likely N-dealkylation sites (N-methyl/N-ethyl adjacent to an activating group) is 1. The van der Waals surface area contributed by atoms with Gasteiger partial charge in [0.15, 0.2) is 5.82 Å². The van der Waals surface area contributed by atoms with Crippen molar-refractivity contribution < 1.29 is 29.0 Å². The number of carbonyl (C=O) groups excluding carboxylic acids is 3. The van der Waals surface area contributed by atoms with E-state index >= 15 is 0 Å². The van der Waals surface area contributed by atoms with Gasteiger partial charge in [0.05, 0.1) is 25.1 Å². The molecule has 13 heteroatoms. The fourth-order valence-corrected chi connectivity index (χ4v) is 7.43. The summed E-state index contributed by atoms with van der Waals surface area (Å²) in [5.74, 6) is 0.809. The van der Waals surface area contributed by atoms with Gasteiger partial charge in [0.25, 0.3) is 5.91 Å². The summed E-state index contributed by atoms with van der Waals surface area (Å²) < 4.78 is 11.1. The number of hydrogen-bond donors (Lipinski definition) is 4. The zero-order valence-electron chi connectivity index (χ0n) is 29.6. The van der Waals surface area contributed by atoms with E-state index in [1.165, 1.54) is 7.11 Å². The Morgan fingerprint density at radius 3 is 2.45 bits per heavy atom. The number of anilines is 5. The molecule has 1 unspecified atom stereocenters. The van der Waals surface area contributed by atoms with Crippen molar-refractivity contribution in [2.45, 2.75) is 108 Å². The molecule has 0 spiro atoms. The number of aromatic nitrogens is 2. The Balaban J connectivity index is 1.08. The maximum absolute atomic E-state index is 13.2. The van der Waals surface area contributed by atoms with Crippen LogP contribution in [0, 0.1) is 0 Å². The number of benzene rings is 2. The van der Waals surface area contributed by atoms with Gasteiger partial charge in [-0.15, -0.1) is 0 Å². The average molecular weight is 700 g/mol. The van der Waals surface area contributed by atoms with Crippen LogP contribution in [0.15, 0.2) is 48.7 Å². The standard InChI is InChI=1S/C38H49N7O6/c1-4-31-36(48)44(2)32-22-40-38(43-34(32)45(31)26-9-5-6-10-26)42-30-18-15-24(20-33(30)50-3)35(47)41-25-16-13-23(14-17-25)19-27(46)21-29(39)37(49)51-28-11-7-8-12-28/h13-18,20,22,26-29,31,46H,4-12,19,21,39H2,1-3H3,(H,41,47)(H,40,42,43)/t27?,29-,31+/m0/s1. The molecule has 51 heavy (non-hydrogen) atoms. The number of ether oxygens (including phenoxy) is 2. The van der Waals surface area contributed by atoms with Gasteiger partial charge in [0, 0.05) is 24.3 Å². The lowest BCUT2D eigenvalue weighted by atomic mass is 10.0. The van der Waals surface area contributed by atoms with Gasteiger partial charge < -0.3 is 40.7 Å². The van der Waals surface area contributed by atoms with Crippen molar-refractivity contribution in [1.29, 1.82) is 0 Å². The van der Waals surface area contributed by atoms with Crippen LogP contribution in [-0.4, -0.2) is 77.3 Å². The number of rotatable bonds is 13. The van der Waals surface area contributed by atoms with Gasteiger partial charge in [-0.2, -0.15) is 4.98 Å². The molecule has 5 N–H and O–H groups in total. The van der Waals surface area contributed by atoms with Crippen LogP contribution in [0.3, 0.4) is 0 Å². The summed E-state index contributed by atoms with van der Waals surface area (Å²) in [6, 6.07) is 11.3. The number of nitrogens with zero attached hydrogens (tertiary/aromatic N) is 4. The molecule has 3 aliphatic rings. The van der Waals surface area contributed by atoms with Crippen molar-refractivity contribution in [2.24, 2.45) is 5.73 Å². The molecule has 2 amide bonds. The molecule has 272 valence electrons. The second-order valence-corrected chi connectivity index (χ2v) is 13.8. The first-order chi connectivity index (χ1) is 24.6. The van der Waals surface area contributed by atoms with E-state index in [9.17, 15) is 19.5 Å². The van der Waals surface area contributed by atoms with Gasteiger partial charge in [0.1, 0.15) is 29.6 Å². The van der Waals surface area contributed by atoms with E-state index < -0.39 is 18.1 Å². The highest BCUT2D eigenvalue weighted by atomic mass is 16.5. The Bertz CT molecular complexity index is 1710. The first-order valence-electron chi connectivity index (χ1n) is 18.1. The first kappa shape index (κ1) is 36.1. The number of esters is 1. The van der Waals surface area contributed by atoms with Gasteiger partial charge in [-0.3, -0.25) is 14.4 Å². The molecule has 3 atom stereocenters. The Morgan fingerprint density at radius 1 is 1.06 bits per heavy atom. The van der Waals surface area contributed by atoms with E-state index in [-0.39, 0.29) is 36.4 Å². The van der Waals surface area contributed by atoms with Crippen molar-refractivity contribution in [1.82, 2.24) is 9.97 Å². The van der Waals surface area contributed by atoms with Crippen molar-refractivity contribution in [2.75, 3.05) is 34.6 Å². The monoisotopic (exact) mass is 699 g/mol. The largest absolute Gasteiger partial charge is 0.495 e. The van der Waals surface area contributed by atoms with Crippen molar-refractivity contribution in [3.63, 3.8) is 0 Å². The molecule has 2 aliphatic carbocycles. The fraction of sp³-hybridized carbons (Fsp3) is 0.500. The lowest BCUT2D eigenvalue weighted by Gasteiger charge is -2.43. The van der Waals surface area contributed by atoms with Gasteiger partial charge in [-0.05, 0) is 93.7 Å². The Kier molecular flexibility index (Phi) is 11.4.